The summed E-state index contributed by atoms with van der Waals surface area (Å²) in [5, 5.41) is 2.91. The largest absolute Gasteiger partial charge is 0.348 e. The first-order chi connectivity index (χ1) is 9.54. The van der Waals surface area contributed by atoms with Crippen LogP contribution < -0.4 is 5.32 Å². The van der Waals surface area contributed by atoms with Crippen LogP contribution in [0.4, 0.5) is 0 Å². The van der Waals surface area contributed by atoms with E-state index in [1.807, 2.05) is 4.90 Å². The van der Waals surface area contributed by atoms with Gasteiger partial charge in [0.25, 0.3) is 0 Å². The van der Waals surface area contributed by atoms with Crippen LogP contribution in [0.1, 0.15) is 6.42 Å². The fourth-order valence-electron chi connectivity index (χ4n) is 2.06. The zero-order chi connectivity index (χ0) is 15.0. The van der Waals surface area contributed by atoms with Crippen LogP contribution in [-0.4, -0.2) is 86.4 Å². The predicted molar refractivity (Wildman–Crippen MR) is 78.0 cm³/mol. The highest BCUT2D eigenvalue weighted by molar-refractivity contribution is 5.78. The van der Waals surface area contributed by atoms with E-state index in [2.05, 4.69) is 16.1 Å². The van der Waals surface area contributed by atoms with Crippen molar-refractivity contribution in [3.63, 3.8) is 0 Å². The maximum absolute atomic E-state index is 12.0. The maximum atomic E-state index is 12.0. The van der Waals surface area contributed by atoms with Gasteiger partial charge in [0.05, 0.1) is 19.6 Å². The Morgan fingerprint density at radius 1 is 1.25 bits per heavy atom. The molecule has 1 N–H and O–H groups in total. The highest BCUT2D eigenvalue weighted by Gasteiger charge is 2.20. The molecular formula is C14H24N4O2. The standard InChI is InChI=1S/C14H24N4O2/c1-4-6-15-11-13(19)18-8-5-7-17(9-10-18)12-14(20)16(2)3/h1,15H,5-12H2,2-3H3. The smallest absolute Gasteiger partial charge is 0.236 e. The quantitative estimate of drug-likeness (QED) is 0.509. The Bertz CT molecular complexity index is 376. The Morgan fingerprint density at radius 2 is 2.00 bits per heavy atom. The summed E-state index contributed by atoms with van der Waals surface area (Å²) < 4.78 is 0. The van der Waals surface area contributed by atoms with E-state index in [1.54, 1.807) is 19.0 Å². The number of terminal acetylenes is 1. The van der Waals surface area contributed by atoms with E-state index in [4.69, 9.17) is 6.42 Å². The lowest BCUT2D eigenvalue weighted by Gasteiger charge is -2.22. The van der Waals surface area contributed by atoms with Crippen molar-refractivity contribution in [2.75, 3.05) is 59.9 Å². The van der Waals surface area contributed by atoms with E-state index in [0.717, 1.165) is 26.1 Å². The molecule has 1 rings (SSSR count). The van der Waals surface area contributed by atoms with Gasteiger partial charge in [-0.2, -0.15) is 0 Å². The third-order valence-corrected chi connectivity index (χ3v) is 3.30. The second-order valence-corrected chi connectivity index (χ2v) is 5.11. The van der Waals surface area contributed by atoms with E-state index < -0.39 is 0 Å². The summed E-state index contributed by atoms with van der Waals surface area (Å²) in [6, 6.07) is 0. The molecule has 1 saturated heterocycles. The zero-order valence-electron chi connectivity index (χ0n) is 12.4. The second-order valence-electron chi connectivity index (χ2n) is 5.11. The Balaban J connectivity index is 2.37. The van der Waals surface area contributed by atoms with Crippen molar-refractivity contribution in [3.8, 4) is 12.3 Å². The van der Waals surface area contributed by atoms with Crippen molar-refractivity contribution < 1.29 is 9.59 Å². The van der Waals surface area contributed by atoms with E-state index in [9.17, 15) is 9.59 Å². The highest BCUT2D eigenvalue weighted by atomic mass is 16.2. The molecule has 0 aromatic rings. The fourth-order valence-corrected chi connectivity index (χ4v) is 2.06. The maximum Gasteiger partial charge on any atom is 0.236 e. The molecule has 112 valence electrons. The number of hydrogen-bond acceptors (Lipinski definition) is 4. The minimum absolute atomic E-state index is 0.0704. The summed E-state index contributed by atoms with van der Waals surface area (Å²) in [5.74, 6) is 2.61. The van der Waals surface area contributed by atoms with E-state index in [-0.39, 0.29) is 18.4 Å². The molecule has 0 atom stereocenters. The van der Waals surface area contributed by atoms with Gasteiger partial charge in [-0.25, -0.2) is 0 Å². The molecular weight excluding hydrogens is 256 g/mol. The lowest BCUT2D eigenvalue weighted by Crippen LogP contribution is -2.42. The van der Waals surface area contributed by atoms with Crippen LogP contribution in [0.5, 0.6) is 0 Å². The normalized spacial score (nSPS) is 16.4. The lowest BCUT2D eigenvalue weighted by atomic mass is 10.3. The number of carbonyl (C=O) groups is 2. The molecule has 1 aliphatic heterocycles. The van der Waals surface area contributed by atoms with Gasteiger partial charge in [-0.05, 0) is 6.42 Å². The number of amides is 2. The molecule has 0 unspecified atom stereocenters. The van der Waals surface area contributed by atoms with Gasteiger partial charge in [-0.3, -0.25) is 19.8 Å². The number of nitrogens with one attached hydrogen (secondary N) is 1. The first-order valence-electron chi connectivity index (χ1n) is 6.89. The van der Waals surface area contributed by atoms with Gasteiger partial charge in [0.2, 0.25) is 11.8 Å². The molecule has 1 heterocycles. The summed E-state index contributed by atoms with van der Waals surface area (Å²) in [4.78, 5) is 29.2. The average molecular weight is 280 g/mol. The zero-order valence-corrected chi connectivity index (χ0v) is 12.4. The minimum Gasteiger partial charge on any atom is -0.348 e. The summed E-state index contributed by atoms with van der Waals surface area (Å²) in [7, 11) is 3.51. The topological polar surface area (TPSA) is 55.9 Å². The molecule has 0 saturated carbocycles. The Morgan fingerprint density at radius 3 is 2.65 bits per heavy atom. The van der Waals surface area contributed by atoms with Crippen LogP contribution >= 0.6 is 0 Å². The molecule has 2 amide bonds. The first-order valence-corrected chi connectivity index (χ1v) is 6.89. The summed E-state index contributed by atoms with van der Waals surface area (Å²) in [6.07, 6.45) is 6.02. The molecule has 6 heteroatoms. The first kappa shape index (κ1) is 16.5. The second kappa shape index (κ2) is 8.56. The van der Waals surface area contributed by atoms with Gasteiger partial charge in [-0.15, -0.1) is 6.42 Å². The number of hydrogen-bond donors (Lipinski definition) is 1. The molecule has 0 bridgehead atoms. The van der Waals surface area contributed by atoms with Gasteiger partial charge in [-0.1, -0.05) is 5.92 Å². The van der Waals surface area contributed by atoms with Crippen molar-refractivity contribution in [3.05, 3.63) is 0 Å². The van der Waals surface area contributed by atoms with Gasteiger partial charge in [0, 0.05) is 40.3 Å². The van der Waals surface area contributed by atoms with E-state index >= 15 is 0 Å². The SMILES string of the molecule is C#CCNCC(=O)N1CCCN(CC(=O)N(C)C)CC1. The molecule has 0 spiro atoms. The summed E-state index contributed by atoms with van der Waals surface area (Å²) >= 11 is 0. The molecule has 1 fully saturated rings. The van der Waals surface area contributed by atoms with Crippen molar-refractivity contribution in [2.24, 2.45) is 0 Å². The number of carbonyl (C=O) groups excluding carboxylic acids is 2. The van der Waals surface area contributed by atoms with Crippen LogP contribution in [-0.2, 0) is 9.59 Å². The number of nitrogens with zero attached hydrogens (tertiary/aromatic N) is 3. The van der Waals surface area contributed by atoms with Gasteiger partial charge in [0.15, 0.2) is 0 Å². The fraction of sp³-hybridized carbons (Fsp3) is 0.714. The van der Waals surface area contributed by atoms with Crippen molar-refractivity contribution in [1.82, 2.24) is 20.0 Å². The third-order valence-electron chi connectivity index (χ3n) is 3.30. The van der Waals surface area contributed by atoms with Crippen molar-refractivity contribution in [1.29, 1.82) is 0 Å². The van der Waals surface area contributed by atoms with Gasteiger partial charge in [0.1, 0.15) is 0 Å². The van der Waals surface area contributed by atoms with Crippen molar-refractivity contribution >= 4 is 11.8 Å². The average Bonchev–Trinajstić information content (AvgIpc) is 2.64. The highest BCUT2D eigenvalue weighted by Crippen LogP contribution is 2.03. The third kappa shape index (κ3) is 5.59. The Labute approximate surface area is 121 Å². The van der Waals surface area contributed by atoms with Gasteiger partial charge >= 0.3 is 0 Å². The molecule has 20 heavy (non-hydrogen) atoms. The molecule has 0 radical (unpaired) electrons. The predicted octanol–water partition coefficient (Wildman–Crippen LogP) is -1.17. The minimum atomic E-state index is 0.0704. The Kier molecular flexibility index (Phi) is 7.05. The van der Waals surface area contributed by atoms with E-state index in [1.165, 1.54) is 0 Å². The monoisotopic (exact) mass is 280 g/mol. The molecule has 0 aromatic carbocycles. The van der Waals surface area contributed by atoms with E-state index in [0.29, 0.717) is 19.6 Å². The van der Waals surface area contributed by atoms with Crippen molar-refractivity contribution in [2.45, 2.75) is 6.42 Å². The van der Waals surface area contributed by atoms with Crippen LogP contribution in [0.2, 0.25) is 0 Å². The molecule has 0 aromatic heterocycles. The molecule has 6 nitrogen and oxygen atoms in total. The Hall–Kier alpha value is -1.58. The van der Waals surface area contributed by atoms with Crippen LogP contribution in [0.25, 0.3) is 0 Å². The van der Waals surface area contributed by atoms with Crippen LogP contribution in [0, 0.1) is 12.3 Å². The lowest BCUT2D eigenvalue weighted by molar-refractivity contribution is -0.130. The van der Waals surface area contributed by atoms with Crippen LogP contribution in [0.15, 0.2) is 0 Å². The molecule has 1 aliphatic rings. The summed E-state index contributed by atoms with van der Waals surface area (Å²) in [5.41, 5.74) is 0. The van der Waals surface area contributed by atoms with Gasteiger partial charge < -0.3 is 9.80 Å². The number of likely N-dealkylation sites (N-methyl/N-ethyl adjacent to an activating group) is 1. The molecule has 0 aliphatic carbocycles. The van der Waals surface area contributed by atoms with Crippen LogP contribution in [0.3, 0.4) is 0 Å². The summed E-state index contributed by atoms with van der Waals surface area (Å²) in [6.45, 7) is 4.09. The number of rotatable bonds is 5.